The van der Waals surface area contributed by atoms with E-state index < -0.39 is 0 Å². The number of aromatic nitrogens is 3. The van der Waals surface area contributed by atoms with Crippen LogP contribution in [0.2, 0.25) is 0 Å². The summed E-state index contributed by atoms with van der Waals surface area (Å²) in [5.74, 6) is 1.92. The Hall–Kier alpha value is -2.58. The first-order valence-corrected chi connectivity index (χ1v) is 9.84. The van der Waals surface area contributed by atoms with Crippen LogP contribution in [0.3, 0.4) is 0 Å². The van der Waals surface area contributed by atoms with Gasteiger partial charge in [0.2, 0.25) is 0 Å². The predicted molar refractivity (Wildman–Crippen MR) is 110 cm³/mol. The molecule has 1 fully saturated rings. The molecule has 1 saturated heterocycles. The Morgan fingerprint density at radius 1 is 1.00 bits per heavy atom. The molecule has 4 rings (SSSR count). The number of hydrogen-bond acceptors (Lipinski definition) is 6. The highest BCUT2D eigenvalue weighted by Gasteiger charge is 2.18. The Morgan fingerprint density at radius 2 is 1.75 bits per heavy atom. The summed E-state index contributed by atoms with van der Waals surface area (Å²) < 4.78 is 2.00. The van der Waals surface area contributed by atoms with Gasteiger partial charge in [-0.2, -0.15) is 16.2 Å². The van der Waals surface area contributed by atoms with Gasteiger partial charge in [-0.25, -0.2) is 20.5 Å². The van der Waals surface area contributed by atoms with Gasteiger partial charge in [0, 0.05) is 6.42 Å². The van der Waals surface area contributed by atoms with Gasteiger partial charge >= 0.3 is 0 Å². The van der Waals surface area contributed by atoms with Crippen LogP contribution in [0.15, 0.2) is 48.5 Å². The van der Waals surface area contributed by atoms with Gasteiger partial charge in [-0.05, 0) is 35.6 Å². The Balaban J connectivity index is 1.51. The molecule has 0 spiro atoms. The van der Waals surface area contributed by atoms with Crippen molar-refractivity contribution in [1.29, 1.82) is 0 Å². The van der Waals surface area contributed by atoms with Crippen molar-refractivity contribution in [2.24, 2.45) is 0 Å². The first-order valence-electron chi connectivity index (χ1n) is 9.84. The Morgan fingerprint density at radius 3 is 2.50 bits per heavy atom. The largest absolute Gasteiger partial charge is 0.246 e. The summed E-state index contributed by atoms with van der Waals surface area (Å²) >= 11 is 0. The van der Waals surface area contributed by atoms with Crippen LogP contribution in [-0.2, 0) is 13.0 Å². The standard InChI is InChI=1S/C21H27N7/c1-3-4-9-20-22-15(2)28(25-20)14-16-10-12-17(13-11-16)18-7-5-6-8-19(18)21-23-26-27-24-21/h5-8,10-13,21,23-24,26-27H,3-4,9,14H2,1-2H3. The van der Waals surface area contributed by atoms with Crippen molar-refractivity contribution in [2.45, 2.75) is 45.8 Å². The molecule has 0 aliphatic carbocycles. The molecule has 0 saturated carbocycles. The van der Waals surface area contributed by atoms with E-state index in [4.69, 9.17) is 0 Å². The zero-order valence-electron chi connectivity index (χ0n) is 16.4. The van der Waals surface area contributed by atoms with Gasteiger partial charge < -0.3 is 0 Å². The van der Waals surface area contributed by atoms with Crippen LogP contribution in [0, 0.1) is 6.92 Å². The lowest BCUT2D eigenvalue weighted by molar-refractivity contribution is 0.556. The van der Waals surface area contributed by atoms with Gasteiger partial charge in [0.05, 0.1) is 6.54 Å². The fourth-order valence-electron chi connectivity index (χ4n) is 3.45. The minimum Gasteiger partial charge on any atom is -0.246 e. The molecule has 3 aromatic rings. The van der Waals surface area contributed by atoms with Crippen molar-refractivity contribution < 1.29 is 0 Å². The molecule has 1 aliphatic rings. The molecular formula is C21H27N7. The summed E-state index contributed by atoms with van der Waals surface area (Å²) in [6, 6.07) is 17.1. The van der Waals surface area contributed by atoms with Gasteiger partial charge in [0.1, 0.15) is 12.0 Å². The summed E-state index contributed by atoms with van der Waals surface area (Å²) in [4.78, 5) is 4.59. The number of nitrogens with zero attached hydrogens (tertiary/aromatic N) is 3. The Kier molecular flexibility index (Phi) is 5.78. The highest BCUT2D eigenvalue weighted by molar-refractivity contribution is 5.68. The van der Waals surface area contributed by atoms with E-state index in [1.165, 1.54) is 22.3 Å². The van der Waals surface area contributed by atoms with E-state index >= 15 is 0 Å². The maximum absolute atomic E-state index is 4.66. The van der Waals surface area contributed by atoms with E-state index in [0.29, 0.717) is 0 Å². The second-order valence-corrected chi connectivity index (χ2v) is 7.09. The molecule has 28 heavy (non-hydrogen) atoms. The van der Waals surface area contributed by atoms with Crippen LogP contribution in [0.1, 0.15) is 48.7 Å². The van der Waals surface area contributed by atoms with Crippen LogP contribution < -0.4 is 21.9 Å². The number of nitrogens with one attached hydrogen (secondary N) is 4. The SMILES string of the molecule is CCCCc1nc(C)n(Cc2ccc(-c3ccccc3C3NNNN3)cc2)n1. The second kappa shape index (κ2) is 8.62. The molecule has 0 amide bonds. The Labute approximate surface area is 165 Å². The maximum atomic E-state index is 4.66. The lowest BCUT2D eigenvalue weighted by atomic mass is 9.97. The van der Waals surface area contributed by atoms with Crippen LogP contribution in [0.4, 0.5) is 0 Å². The zero-order valence-corrected chi connectivity index (χ0v) is 16.4. The first-order chi connectivity index (χ1) is 13.7. The third kappa shape index (κ3) is 4.13. The van der Waals surface area contributed by atoms with Crippen LogP contribution >= 0.6 is 0 Å². The summed E-state index contributed by atoms with van der Waals surface area (Å²) in [5.41, 5.74) is 16.9. The van der Waals surface area contributed by atoms with Crippen molar-refractivity contribution in [3.05, 3.63) is 71.3 Å². The lowest BCUT2D eigenvalue weighted by Gasteiger charge is -2.15. The zero-order chi connectivity index (χ0) is 19.3. The first kappa shape index (κ1) is 18.8. The van der Waals surface area contributed by atoms with Gasteiger partial charge in [-0.15, -0.1) is 0 Å². The maximum Gasteiger partial charge on any atom is 0.150 e. The second-order valence-electron chi connectivity index (χ2n) is 7.09. The number of aryl methyl sites for hydroxylation is 2. The normalized spacial score (nSPS) is 14.6. The highest BCUT2D eigenvalue weighted by atomic mass is 15.8. The fourth-order valence-corrected chi connectivity index (χ4v) is 3.45. The summed E-state index contributed by atoms with van der Waals surface area (Å²) in [6.07, 6.45) is 3.25. The monoisotopic (exact) mass is 377 g/mol. The van der Waals surface area contributed by atoms with E-state index in [0.717, 1.165) is 37.5 Å². The molecule has 7 heteroatoms. The number of benzene rings is 2. The third-order valence-corrected chi connectivity index (χ3v) is 5.02. The number of hydrogen-bond donors (Lipinski definition) is 4. The van der Waals surface area contributed by atoms with Crippen molar-refractivity contribution in [3.63, 3.8) is 0 Å². The summed E-state index contributed by atoms with van der Waals surface area (Å²) in [5, 5.41) is 4.66. The molecule has 0 radical (unpaired) electrons. The van der Waals surface area contributed by atoms with Crippen molar-refractivity contribution in [3.8, 4) is 11.1 Å². The molecule has 2 heterocycles. The molecule has 0 atom stereocenters. The van der Waals surface area contributed by atoms with E-state index in [9.17, 15) is 0 Å². The number of hydrazine groups is 3. The third-order valence-electron chi connectivity index (χ3n) is 5.02. The van der Waals surface area contributed by atoms with Gasteiger partial charge in [-0.3, -0.25) is 0 Å². The molecule has 2 aromatic carbocycles. The number of rotatable bonds is 7. The lowest BCUT2D eigenvalue weighted by Crippen LogP contribution is -2.33. The molecule has 0 bridgehead atoms. The van der Waals surface area contributed by atoms with Gasteiger partial charge in [0.25, 0.3) is 0 Å². The molecule has 7 nitrogen and oxygen atoms in total. The van der Waals surface area contributed by atoms with E-state index in [1.807, 2.05) is 11.6 Å². The molecule has 146 valence electrons. The smallest absolute Gasteiger partial charge is 0.150 e. The predicted octanol–water partition coefficient (Wildman–Crippen LogP) is 2.76. The van der Waals surface area contributed by atoms with Crippen molar-refractivity contribution in [1.82, 2.24) is 36.7 Å². The molecule has 1 aromatic heterocycles. The molecule has 1 aliphatic heterocycles. The van der Waals surface area contributed by atoms with E-state index in [1.54, 1.807) is 0 Å². The van der Waals surface area contributed by atoms with Crippen LogP contribution in [0.25, 0.3) is 11.1 Å². The van der Waals surface area contributed by atoms with Gasteiger partial charge in [-0.1, -0.05) is 61.9 Å². The summed E-state index contributed by atoms with van der Waals surface area (Å²) in [6.45, 7) is 4.96. The highest BCUT2D eigenvalue weighted by Crippen LogP contribution is 2.28. The van der Waals surface area contributed by atoms with Gasteiger partial charge in [0.15, 0.2) is 5.82 Å². The Bertz CT molecular complexity index is 911. The molecule has 0 unspecified atom stereocenters. The average molecular weight is 377 g/mol. The van der Waals surface area contributed by atoms with Crippen LogP contribution in [0.5, 0.6) is 0 Å². The average Bonchev–Trinajstić information content (AvgIpc) is 3.37. The van der Waals surface area contributed by atoms with E-state index in [2.05, 4.69) is 87.5 Å². The van der Waals surface area contributed by atoms with E-state index in [-0.39, 0.29) is 6.17 Å². The number of unbranched alkanes of at least 4 members (excludes halogenated alkanes) is 1. The molecular weight excluding hydrogens is 350 g/mol. The summed E-state index contributed by atoms with van der Waals surface area (Å²) in [7, 11) is 0. The fraction of sp³-hybridized carbons (Fsp3) is 0.333. The molecule has 4 N–H and O–H groups in total. The minimum absolute atomic E-state index is 0.00946. The van der Waals surface area contributed by atoms with Crippen LogP contribution in [-0.4, -0.2) is 14.8 Å². The topological polar surface area (TPSA) is 78.8 Å². The minimum atomic E-state index is 0.00946. The van der Waals surface area contributed by atoms with Crippen molar-refractivity contribution in [2.75, 3.05) is 0 Å². The quantitative estimate of drug-likeness (QED) is 0.507. The van der Waals surface area contributed by atoms with Crippen molar-refractivity contribution >= 4 is 0 Å².